The normalized spacial score (nSPS) is 12.9. The minimum Gasteiger partial charge on any atom is -0.297 e. The minimum absolute atomic E-state index is 0.0224. The first-order valence-corrected chi connectivity index (χ1v) is 6.94. The van der Waals surface area contributed by atoms with Crippen LogP contribution in [0.3, 0.4) is 0 Å². The van der Waals surface area contributed by atoms with Gasteiger partial charge in [-0.05, 0) is 18.6 Å². The number of nitrogens with zero attached hydrogens (tertiary/aromatic N) is 3. The molecular weight excluding hydrogens is 258 g/mol. The summed E-state index contributed by atoms with van der Waals surface area (Å²) in [7, 11) is 0. The molecule has 3 N–H and O–H groups in total. The number of thiazole rings is 1. The smallest absolute Gasteiger partial charge is 0.193 e. The zero-order valence-corrected chi connectivity index (χ0v) is 11.4. The zero-order valence-electron chi connectivity index (χ0n) is 10.6. The molecule has 0 radical (unpaired) electrons. The molecule has 19 heavy (non-hydrogen) atoms. The Labute approximate surface area is 115 Å². The monoisotopic (exact) mass is 273 g/mol. The number of nitrogens with one attached hydrogen (secondary N) is 1. The molecule has 3 heterocycles. The largest absolute Gasteiger partial charge is 0.297 e. The van der Waals surface area contributed by atoms with Crippen molar-refractivity contribution < 1.29 is 0 Å². The van der Waals surface area contributed by atoms with Gasteiger partial charge in [-0.25, -0.2) is 4.98 Å². The van der Waals surface area contributed by atoms with E-state index in [1.807, 2.05) is 41.2 Å². The molecule has 98 valence electrons. The van der Waals surface area contributed by atoms with E-state index in [1.165, 1.54) is 0 Å². The number of rotatable bonds is 4. The highest BCUT2D eigenvalue weighted by atomic mass is 32.1. The summed E-state index contributed by atoms with van der Waals surface area (Å²) in [5, 5.41) is 2.02. The van der Waals surface area contributed by atoms with Gasteiger partial charge in [-0.3, -0.25) is 20.7 Å². The summed E-state index contributed by atoms with van der Waals surface area (Å²) in [6, 6.07) is 3.95. The number of aryl methyl sites for hydroxylation is 1. The molecule has 0 aliphatic carbocycles. The van der Waals surface area contributed by atoms with Crippen molar-refractivity contribution in [2.45, 2.75) is 19.4 Å². The first-order chi connectivity index (χ1) is 9.28. The highest BCUT2D eigenvalue weighted by Gasteiger charge is 2.16. The summed E-state index contributed by atoms with van der Waals surface area (Å²) in [6.07, 6.45) is 6.56. The molecule has 0 amide bonds. The molecule has 6 heteroatoms. The van der Waals surface area contributed by atoms with E-state index in [2.05, 4.69) is 15.4 Å². The molecule has 0 fully saturated rings. The van der Waals surface area contributed by atoms with Crippen LogP contribution in [-0.2, 0) is 6.42 Å². The number of hydrazine groups is 1. The maximum Gasteiger partial charge on any atom is 0.193 e. The molecule has 3 aromatic heterocycles. The maximum atomic E-state index is 5.67. The van der Waals surface area contributed by atoms with Crippen LogP contribution in [0, 0.1) is 6.92 Å². The third kappa shape index (κ3) is 2.37. The number of nitrogens with two attached hydrogens (primary N) is 1. The Morgan fingerprint density at radius 2 is 2.42 bits per heavy atom. The maximum absolute atomic E-state index is 5.67. The van der Waals surface area contributed by atoms with Crippen molar-refractivity contribution >= 4 is 16.3 Å². The summed E-state index contributed by atoms with van der Waals surface area (Å²) < 4.78 is 2.03. The first-order valence-electron chi connectivity index (χ1n) is 6.06. The Hall–Kier alpha value is -1.76. The van der Waals surface area contributed by atoms with Gasteiger partial charge in [-0.15, -0.1) is 11.3 Å². The fourth-order valence-corrected chi connectivity index (χ4v) is 2.90. The zero-order chi connectivity index (χ0) is 13.2. The molecule has 3 rings (SSSR count). The fraction of sp³-hybridized carbons (Fsp3) is 0.231. The van der Waals surface area contributed by atoms with Gasteiger partial charge in [0.25, 0.3) is 0 Å². The van der Waals surface area contributed by atoms with Gasteiger partial charge in [0.05, 0.1) is 17.4 Å². The van der Waals surface area contributed by atoms with Crippen molar-refractivity contribution in [3.05, 3.63) is 53.1 Å². The molecule has 1 unspecified atom stereocenters. The molecule has 0 bridgehead atoms. The third-order valence-electron chi connectivity index (χ3n) is 3.14. The summed E-state index contributed by atoms with van der Waals surface area (Å²) in [5.41, 5.74) is 5.95. The van der Waals surface area contributed by atoms with Gasteiger partial charge in [-0.1, -0.05) is 6.07 Å². The van der Waals surface area contributed by atoms with Crippen LogP contribution in [0.15, 0.2) is 36.1 Å². The molecular formula is C13H15N5S. The molecule has 0 aliphatic rings. The lowest BCUT2D eigenvalue weighted by atomic mass is 10.0. The predicted molar refractivity (Wildman–Crippen MR) is 75.8 cm³/mol. The van der Waals surface area contributed by atoms with E-state index in [4.69, 9.17) is 5.84 Å². The Balaban J connectivity index is 1.87. The molecule has 5 nitrogen and oxygen atoms in total. The van der Waals surface area contributed by atoms with Crippen LogP contribution in [0.25, 0.3) is 4.96 Å². The van der Waals surface area contributed by atoms with E-state index in [1.54, 1.807) is 17.5 Å². The number of pyridine rings is 1. The van der Waals surface area contributed by atoms with Gasteiger partial charge in [0.2, 0.25) is 0 Å². The highest BCUT2D eigenvalue weighted by Crippen LogP contribution is 2.20. The fourth-order valence-electron chi connectivity index (χ4n) is 2.18. The molecule has 3 aromatic rings. The third-order valence-corrected chi connectivity index (χ3v) is 3.91. The van der Waals surface area contributed by atoms with Crippen LogP contribution >= 0.6 is 11.3 Å². The second kappa shape index (κ2) is 5.08. The van der Waals surface area contributed by atoms with Crippen LogP contribution in [-0.4, -0.2) is 14.4 Å². The molecule has 0 aromatic carbocycles. The number of hydrogen-bond donors (Lipinski definition) is 2. The molecule has 0 saturated carbocycles. The van der Waals surface area contributed by atoms with Gasteiger partial charge < -0.3 is 0 Å². The van der Waals surface area contributed by atoms with Gasteiger partial charge in [0.1, 0.15) is 0 Å². The van der Waals surface area contributed by atoms with Crippen molar-refractivity contribution in [3.8, 4) is 0 Å². The second-order valence-electron chi connectivity index (χ2n) is 4.45. The average molecular weight is 273 g/mol. The minimum atomic E-state index is -0.0224. The number of hydrogen-bond acceptors (Lipinski definition) is 5. The Morgan fingerprint density at radius 3 is 3.16 bits per heavy atom. The van der Waals surface area contributed by atoms with Crippen molar-refractivity contribution in [2.24, 2.45) is 5.84 Å². The van der Waals surface area contributed by atoms with Crippen LogP contribution in [0.5, 0.6) is 0 Å². The quantitative estimate of drug-likeness (QED) is 0.562. The van der Waals surface area contributed by atoms with Crippen LogP contribution in [0.1, 0.15) is 23.0 Å². The van der Waals surface area contributed by atoms with Gasteiger partial charge in [-0.2, -0.15) is 0 Å². The lowest BCUT2D eigenvalue weighted by Gasteiger charge is -2.15. The van der Waals surface area contributed by atoms with Gasteiger partial charge >= 0.3 is 0 Å². The Bertz CT molecular complexity index is 658. The van der Waals surface area contributed by atoms with E-state index >= 15 is 0 Å². The van der Waals surface area contributed by atoms with E-state index in [-0.39, 0.29) is 6.04 Å². The molecule has 0 saturated heterocycles. The highest BCUT2D eigenvalue weighted by molar-refractivity contribution is 7.15. The molecule has 1 atom stereocenters. The molecule has 0 spiro atoms. The average Bonchev–Trinajstić information content (AvgIpc) is 2.97. The SMILES string of the molecule is Cc1cccnc1C(Cc1cn2ccsc2n1)NN. The predicted octanol–water partition coefficient (Wildman–Crippen LogP) is 1.85. The summed E-state index contributed by atoms with van der Waals surface area (Å²) >= 11 is 1.63. The number of aromatic nitrogens is 3. The van der Waals surface area contributed by atoms with Crippen LogP contribution < -0.4 is 11.3 Å². The van der Waals surface area contributed by atoms with Crippen LogP contribution in [0.4, 0.5) is 0 Å². The number of imidazole rings is 1. The lowest BCUT2D eigenvalue weighted by molar-refractivity contribution is 0.531. The number of fused-ring (bicyclic) bond motifs is 1. The Morgan fingerprint density at radius 1 is 1.53 bits per heavy atom. The first kappa shape index (κ1) is 12.3. The van der Waals surface area contributed by atoms with E-state index in [9.17, 15) is 0 Å². The Kier molecular flexibility index (Phi) is 3.29. The standard InChI is InChI=1S/C13H15N5S/c1-9-3-2-4-15-12(9)11(17-14)7-10-8-18-5-6-19-13(18)16-10/h2-6,8,11,17H,7,14H2,1H3. The summed E-state index contributed by atoms with van der Waals surface area (Å²) in [6.45, 7) is 2.04. The van der Waals surface area contributed by atoms with E-state index < -0.39 is 0 Å². The van der Waals surface area contributed by atoms with Crippen molar-refractivity contribution in [1.82, 2.24) is 19.8 Å². The lowest BCUT2D eigenvalue weighted by Crippen LogP contribution is -2.30. The van der Waals surface area contributed by atoms with Gasteiger partial charge in [0, 0.05) is 30.4 Å². The van der Waals surface area contributed by atoms with E-state index in [0.717, 1.165) is 28.3 Å². The molecule has 0 aliphatic heterocycles. The second-order valence-corrected chi connectivity index (χ2v) is 5.33. The van der Waals surface area contributed by atoms with Crippen molar-refractivity contribution in [3.63, 3.8) is 0 Å². The topological polar surface area (TPSA) is 68.2 Å². The van der Waals surface area contributed by atoms with Crippen LogP contribution in [0.2, 0.25) is 0 Å². The summed E-state index contributed by atoms with van der Waals surface area (Å²) in [5.74, 6) is 5.67. The summed E-state index contributed by atoms with van der Waals surface area (Å²) in [4.78, 5) is 9.99. The van der Waals surface area contributed by atoms with Crippen molar-refractivity contribution in [2.75, 3.05) is 0 Å². The van der Waals surface area contributed by atoms with Crippen molar-refractivity contribution in [1.29, 1.82) is 0 Å². The van der Waals surface area contributed by atoms with E-state index in [0.29, 0.717) is 0 Å². The van der Waals surface area contributed by atoms with Gasteiger partial charge in [0.15, 0.2) is 4.96 Å².